The second-order valence-corrected chi connectivity index (χ2v) is 6.29. The Hall–Kier alpha value is -1.51. The number of hydrogen-bond acceptors (Lipinski definition) is 2. The third-order valence-electron chi connectivity index (χ3n) is 5.05. The molecule has 0 aromatic heterocycles. The lowest BCUT2D eigenvalue weighted by Gasteiger charge is -2.44. The van der Waals surface area contributed by atoms with Crippen LogP contribution in [0.5, 0.6) is 5.75 Å². The second kappa shape index (κ2) is 4.80. The van der Waals surface area contributed by atoms with Crippen molar-refractivity contribution in [1.82, 2.24) is 0 Å². The Kier molecular flexibility index (Phi) is 3.23. The Morgan fingerprint density at radius 3 is 2.55 bits per heavy atom. The van der Waals surface area contributed by atoms with Crippen molar-refractivity contribution < 1.29 is 9.53 Å². The molecule has 0 radical (unpaired) electrons. The van der Waals surface area contributed by atoms with Crippen LogP contribution in [-0.2, 0) is 4.79 Å². The van der Waals surface area contributed by atoms with Crippen molar-refractivity contribution in [3.8, 4) is 5.75 Å². The molecule has 1 fully saturated rings. The van der Waals surface area contributed by atoms with Crippen molar-refractivity contribution >= 4 is 11.6 Å². The first kappa shape index (κ1) is 13.5. The van der Waals surface area contributed by atoms with E-state index in [0.29, 0.717) is 23.8 Å². The molecule has 20 heavy (non-hydrogen) atoms. The van der Waals surface area contributed by atoms with Gasteiger partial charge in [0.25, 0.3) is 0 Å². The summed E-state index contributed by atoms with van der Waals surface area (Å²) in [6, 6.07) is 6.47. The van der Waals surface area contributed by atoms with Crippen LogP contribution in [0, 0.1) is 11.8 Å². The fourth-order valence-electron chi connectivity index (χ4n) is 3.68. The van der Waals surface area contributed by atoms with Crippen LogP contribution >= 0.6 is 0 Å². The van der Waals surface area contributed by atoms with Gasteiger partial charge in [0.15, 0.2) is 0 Å². The molecule has 1 aromatic carbocycles. The molecule has 1 aromatic rings. The largest absolute Gasteiger partial charge is 0.497 e. The monoisotopic (exact) mass is 273 g/mol. The van der Waals surface area contributed by atoms with E-state index in [-0.39, 0.29) is 5.91 Å². The molecule has 108 valence electrons. The highest BCUT2D eigenvalue weighted by atomic mass is 16.5. The third-order valence-corrected chi connectivity index (χ3v) is 5.05. The number of amides is 1. The van der Waals surface area contributed by atoms with Gasteiger partial charge in [0.05, 0.1) is 7.11 Å². The smallest absolute Gasteiger partial charge is 0.224 e. The SMILES string of the molecule is COc1ccc2c(c1)[C@H](C)[C@@H](C)[C@H](C1CC1)N2C(C)=O. The van der Waals surface area contributed by atoms with E-state index in [0.717, 1.165) is 11.4 Å². The molecule has 1 amide bonds. The average Bonchev–Trinajstić information content (AvgIpc) is 3.26. The van der Waals surface area contributed by atoms with Gasteiger partial charge in [0, 0.05) is 18.7 Å². The van der Waals surface area contributed by atoms with E-state index in [1.165, 1.54) is 18.4 Å². The number of benzene rings is 1. The van der Waals surface area contributed by atoms with Crippen LogP contribution < -0.4 is 9.64 Å². The quantitative estimate of drug-likeness (QED) is 0.824. The van der Waals surface area contributed by atoms with Crippen LogP contribution in [0.2, 0.25) is 0 Å². The van der Waals surface area contributed by atoms with Crippen molar-refractivity contribution in [2.24, 2.45) is 11.8 Å². The number of rotatable bonds is 2. The maximum atomic E-state index is 12.2. The minimum atomic E-state index is 0.159. The standard InChI is InChI=1S/C17H23NO2/c1-10-11(2)17(13-5-6-13)18(12(3)19)16-8-7-14(20-4)9-15(10)16/h7-11,13,17H,5-6H2,1-4H3/t10-,11-,17-/m1/s1. The first-order chi connectivity index (χ1) is 9.54. The fraction of sp³-hybridized carbons (Fsp3) is 0.588. The zero-order chi connectivity index (χ0) is 14.4. The normalized spacial score (nSPS) is 29.0. The minimum Gasteiger partial charge on any atom is -0.497 e. The van der Waals surface area contributed by atoms with Crippen molar-refractivity contribution in [3.63, 3.8) is 0 Å². The van der Waals surface area contributed by atoms with Gasteiger partial charge in [-0.1, -0.05) is 13.8 Å². The number of carbonyl (C=O) groups is 1. The molecule has 1 saturated carbocycles. The molecular weight excluding hydrogens is 250 g/mol. The van der Waals surface area contributed by atoms with Crippen molar-refractivity contribution in [2.45, 2.75) is 45.6 Å². The second-order valence-electron chi connectivity index (χ2n) is 6.29. The lowest BCUT2D eigenvalue weighted by molar-refractivity contribution is -0.117. The van der Waals surface area contributed by atoms with Gasteiger partial charge in [-0.3, -0.25) is 4.79 Å². The Bertz CT molecular complexity index is 536. The van der Waals surface area contributed by atoms with E-state index in [1.54, 1.807) is 14.0 Å². The fourth-order valence-corrected chi connectivity index (χ4v) is 3.68. The molecule has 3 nitrogen and oxygen atoms in total. The molecule has 3 rings (SSSR count). The van der Waals surface area contributed by atoms with Gasteiger partial charge in [-0.05, 0) is 54.4 Å². The van der Waals surface area contributed by atoms with E-state index in [2.05, 4.69) is 19.9 Å². The van der Waals surface area contributed by atoms with Crippen molar-refractivity contribution in [2.75, 3.05) is 12.0 Å². The summed E-state index contributed by atoms with van der Waals surface area (Å²) in [4.78, 5) is 14.2. The highest BCUT2D eigenvalue weighted by molar-refractivity contribution is 5.94. The Labute approximate surface area is 120 Å². The van der Waals surface area contributed by atoms with Crippen LogP contribution in [0.25, 0.3) is 0 Å². The van der Waals surface area contributed by atoms with E-state index >= 15 is 0 Å². The first-order valence-corrected chi connectivity index (χ1v) is 7.52. The third kappa shape index (κ3) is 2.00. The van der Waals surface area contributed by atoms with Gasteiger partial charge in [-0.25, -0.2) is 0 Å². The van der Waals surface area contributed by atoms with E-state index < -0.39 is 0 Å². The molecule has 0 saturated heterocycles. The molecule has 0 N–H and O–H groups in total. The van der Waals surface area contributed by atoms with Gasteiger partial charge in [-0.15, -0.1) is 0 Å². The van der Waals surface area contributed by atoms with Gasteiger partial charge in [-0.2, -0.15) is 0 Å². The van der Waals surface area contributed by atoms with Crippen LogP contribution in [-0.4, -0.2) is 19.1 Å². The molecule has 1 heterocycles. The summed E-state index contributed by atoms with van der Waals surface area (Å²) >= 11 is 0. The summed E-state index contributed by atoms with van der Waals surface area (Å²) < 4.78 is 5.34. The topological polar surface area (TPSA) is 29.5 Å². The predicted octanol–water partition coefficient (Wildman–Crippen LogP) is 3.58. The zero-order valence-corrected chi connectivity index (χ0v) is 12.7. The van der Waals surface area contributed by atoms with E-state index in [9.17, 15) is 4.79 Å². The highest BCUT2D eigenvalue weighted by Crippen LogP contribution is 2.50. The zero-order valence-electron chi connectivity index (χ0n) is 12.7. The van der Waals surface area contributed by atoms with Gasteiger partial charge >= 0.3 is 0 Å². The lowest BCUT2D eigenvalue weighted by atomic mass is 9.76. The number of methoxy groups -OCH3 is 1. The summed E-state index contributed by atoms with van der Waals surface area (Å²) in [6.07, 6.45) is 2.52. The molecule has 0 unspecified atom stereocenters. The first-order valence-electron chi connectivity index (χ1n) is 7.52. The molecule has 3 heteroatoms. The molecule has 1 aliphatic heterocycles. The lowest BCUT2D eigenvalue weighted by Crippen LogP contribution is -2.49. The highest BCUT2D eigenvalue weighted by Gasteiger charge is 2.46. The molecule has 2 aliphatic rings. The molecular formula is C17H23NO2. The van der Waals surface area contributed by atoms with Crippen molar-refractivity contribution in [1.29, 1.82) is 0 Å². The maximum Gasteiger partial charge on any atom is 0.224 e. The number of fused-ring (bicyclic) bond motifs is 1. The Morgan fingerprint density at radius 2 is 2.00 bits per heavy atom. The summed E-state index contributed by atoms with van der Waals surface area (Å²) in [5, 5.41) is 0. The van der Waals surface area contributed by atoms with Crippen LogP contribution in [0.15, 0.2) is 18.2 Å². The maximum absolute atomic E-state index is 12.2. The Balaban J connectivity index is 2.11. The van der Waals surface area contributed by atoms with Crippen LogP contribution in [0.3, 0.4) is 0 Å². The van der Waals surface area contributed by atoms with Crippen LogP contribution in [0.4, 0.5) is 5.69 Å². The minimum absolute atomic E-state index is 0.159. The molecule has 3 atom stereocenters. The number of ether oxygens (including phenoxy) is 1. The summed E-state index contributed by atoms with van der Waals surface area (Å²) in [7, 11) is 1.69. The van der Waals surface area contributed by atoms with Crippen molar-refractivity contribution in [3.05, 3.63) is 23.8 Å². The Morgan fingerprint density at radius 1 is 1.30 bits per heavy atom. The number of anilines is 1. The van der Waals surface area contributed by atoms with Gasteiger partial charge in [0.2, 0.25) is 5.91 Å². The number of hydrogen-bond donors (Lipinski definition) is 0. The number of nitrogens with zero attached hydrogens (tertiary/aromatic N) is 1. The van der Waals surface area contributed by atoms with Gasteiger partial charge < -0.3 is 9.64 Å². The van der Waals surface area contributed by atoms with Gasteiger partial charge in [0.1, 0.15) is 5.75 Å². The molecule has 0 spiro atoms. The summed E-state index contributed by atoms with van der Waals surface area (Å²) in [6.45, 7) is 6.24. The summed E-state index contributed by atoms with van der Waals surface area (Å²) in [5.74, 6) is 2.67. The summed E-state index contributed by atoms with van der Waals surface area (Å²) in [5.41, 5.74) is 2.32. The molecule has 1 aliphatic carbocycles. The molecule has 0 bridgehead atoms. The average molecular weight is 273 g/mol. The van der Waals surface area contributed by atoms with Crippen LogP contribution in [0.1, 0.15) is 45.1 Å². The predicted molar refractivity (Wildman–Crippen MR) is 80.2 cm³/mol. The van der Waals surface area contributed by atoms with E-state index in [4.69, 9.17) is 4.74 Å². The van der Waals surface area contributed by atoms with E-state index in [1.807, 2.05) is 17.0 Å². The number of carbonyl (C=O) groups excluding carboxylic acids is 1.